The zero-order valence-corrected chi connectivity index (χ0v) is 7.84. The third-order valence-corrected chi connectivity index (χ3v) is 1.90. The first-order valence-corrected chi connectivity index (χ1v) is 4.46. The number of nitro groups is 1. The highest BCUT2D eigenvalue weighted by Gasteiger charge is 2.10. The second-order valence-corrected chi connectivity index (χ2v) is 2.96. The highest BCUT2D eigenvalue weighted by atomic mass is 16.6. The Bertz CT molecular complexity index is 434. The van der Waals surface area contributed by atoms with Crippen LogP contribution in [0.25, 0.3) is 6.08 Å². The van der Waals surface area contributed by atoms with Crippen molar-refractivity contribution < 1.29 is 9.34 Å². The minimum absolute atomic E-state index is 0.254. The topological polar surface area (TPSA) is 80.7 Å². The normalized spacial score (nSPS) is 15.3. The van der Waals surface area contributed by atoms with Gasteiger partial charge in [0.05, 0.1) is 12.6 Å². The molecule has 6 heteroatoms. The molecule has 0 aliphatic carbocycles. The first kappa shape index (κ1) is 9.45. The van der Waals surface area contributed by atoms with Crippen LogP contribution in [-0.2, 0) is 0 Å². The molecule has 0 amide bonds. The molecule has 0 radical (unpaired) electrons. The van der Waals surface area contributed by atoms with E-state index in [1.807, 2.05) is 0 Å². The van der Waals surface area contributed by atoms with Crippen LogP contribution in [0.15, 0.2) is 27.6 Å². The van der Waals surface area contributed by atoms with E-state index < -0.39 is 4.92 Å². The first-order chi connectivity index (χ1) is 7.25. The van der Waals surface area contributed by atoms with Crippen LogP contribution in [-0.4, -0.2) is 23.8 Å². The van der Waals surface area contributed by atoms with Gasteiger partial charge in [-0.1, -0.05) is 0 Å². The number of hydrogen-bond donors (Lipinski definition) is 1. The van der Waals surface area contributed by atoms with Gasteiger partial charge < -0.3 is 9.73 Å². The van der Waals surface area contributed by atoms with Crippen molar-refractivity contribution >= 4 is 17.8 Å². The summed E-state index contributed by atoms with van der Waals surface area (Å²) in [6.45, 7) is 1.59. The van der Waals surface area contributed by atoms with Crippen molar-refractivity contribution in [2.45, 2.75) is 0 Å². The SMILES string of the molecule is O=[N+]([O-])c1ccc(C=CC2=NCCN2)o1. The van der Waals surface area contributed by atoms with Crippen LogP contribution < -0.4 is 5.32 Å². The Kier molecular flexibility index (Phi) is 2.49. The monoisotopic (exact) mass is 207 g/mol. The smallest absolute Gasteiger partial charge is 0.401 e. The van der Waals surface area contributed by atoms with E-state index in [-0.39, 0.29) is 5.88 Å². The van der Waals surface area contributed by atoms with Gasteiger partial charge in [-0.15, -0.1) is 0 Å². The van der Waals surface area contributed by atoms with Crippen LogP contribution in [0.4, 0.5) is 5.88 Å². The number of amidine groups is 1. The van der Waals surface area contributed by atoms with Crippen LogP contribution in [0.2, 0.25) is 0 Å². The molecule has 0 unspecified atom stereocenters. The predicted molar refractivity (Wildman–Crippen MR) is 54.7 cm³/mol. The summed E-state index contributed by atoms with van der Waals surface area (Å²) in [6, 6.07) is 2.87. The summed E-state index contributed by atoms with van der Waals surface area (Å²) >= 11 is 0. The maximum atomic E-state index is 10.3. The molecule has 78 valence electrons. The Morgan fingerprint density at radius 1 is 1.53 bits per heavy atom. The van der Waals surface area contributed by atoms with Gasteiger partial charge in [-0.05, 0) is 18.2 Å². The van der Waals surface area contributed by atoms with Crippen molar-refractivity contribution in [3.63, 3.8) is 0 Å². The fourth-order valence-electron chi connectivity index (χ4n) is 1.22. The van der Waals surface area contributed by atoms with E-state index >= 15 is 0 Å². The number of nitrogens with one attached hydrogen (secondary N) is 1. The summed E-state index contributed by atoms with van der Waals surface area (Å²) in [5, 5.41) is 13.4. The minimum Gasteiger partial charge on any atom is -0.401 e. The number of furan rings is 1. The summed E-state index contributed by atoms with van der Waals surface area (Å²) < 4.78 is 4.94. The van der Waals surface area contributed by atoms with Gasteiger partial charge in [-0.3, -0.25) is 15.1 Å². The van der Waals surface area contributed by atoms with Crippen LogP contribution in [0, 0.1) is 10.1 Å². The molecule has 1 aromatic rings. The van der Waals surface area contributed by atoms with Gasteiger partial charge in [0.25, 0.3) is 0 Å². The first-order valence-electron chi connectivity index (χ1n) is 4.46. The summed E-state index contributed by atoms with van der Waals surface area (Å²) in [5.41, 5.74) is 0. The van der Waals surface area contributed by atoms with Gasteiger partial charge in [0.1, 0.15) is 16.5 Å². The highest BCUT2D eigenvalue weighted by Crippen LogP contribution is 2.16. The van der Waals surface area contributed by atoms with E-state index in [9.17, 15) is 10.1 Å². The second-order valence-electron chi connectivity index (χ2n) is 2.96. The standard InChI is InChI=1S/C9H9N3O3/c13-12(14)9-4-2-7(15-9)1-3-8-10-5-6-11-8/h1-4H,5-6H2,(H,10,11). The van der Waals surface area contributed by atoms with Gasteiger partial charge in [-0.25, -0.2) is 0 Å². The number of hydrogen-bond acceptors (Lipinski definition) is 5. The van der Waals surface area contributed by atoms with Crippen LogP contribution >= 0.6 is 0 Å². The van der Waals surface area contributed by atoms with Gasteiger partial charge in [0.2, 0.25) is 0 Å². The summed E-state index contributed by atoms with van der Waals surface area (Å²) in [5.74, 6) is 0.961. The van der Waals surface area contributed by atoms with Crippen molar-refractivity contribution in [3.05, 3.63) is 34.1 Å². The Labute approximate surface area is 85.5 Å². The Hall–Kier alpha value is -2.11. The van der Waals surface area contributed by atoms with Gasteiger partial charge in [-0.2, -0.15) is 0 Å². The van der Waals surface area contributed by atoms with Crippen LogP contribution in [0.3, 0.4) is 0 Å². The molecule has 0 saturated carbocycles. The molecule has 1 aliphatic rings. The minimum atomic E-state index is -0.567. The molecule has 0 atom stereocenters. The molecule has 0 saturated heterocycles. The third kappa shape index (κ3) is 2.22. The highest BCUT2D eigenvalue weighted by molar-refractivity contribution is 5.97. The molecule has 0 bridgehead atoms. The number of nitrogens with zero attached hydrogens (tertiary/aromatic N) is 2. The molecule has 1 aromatic heterocycles. The Morgan fingerprint density at radius 2 is 2.40 bits per heavy atom. The van der Waals surface area contributed by atoms with Crippen molar-refractivity contribution in [2.75, 3.05) is 13.1 Å². The second kappa shape index (κ2) is 3.95. The molecule has 2 rings (SSSR count). The van der Waals surface area contributed by atoms with Crippen molar-refractivity contribution in [1.82, 2.24) is 5.32 Å². The van der Waals surface area contributed by atoms with Crippen molar-refractivity contribution in [2.24, 2.45) is 4.99 Å². The zero-order chi connectivity index (χ0) is 10.7. The fourth-order valence-corrected chi connectivity index (χ4v) is 1.22. The lowest BCUT2D eigenvalue weighted by molar-refractivity contribution is -0.402. The van der Waals surface area contributed by atoms with E-state index in [4.69, 9.17) is 4.42 Å². The summed E-state index contributed by atoms with van der Waals surface area (Å²) in [6.07, 6.45) is 3.37. The lowest BCUT2D eigenvalue weighted by Gasteiger charge is -1.91. The van der Waals surface area contributed by atoms with E-state index in [1.165, 1.54) is 6.07 Å². The molecule has 0 aromatic carbocycles. The van der Waals surface area contributed by atoms with E-state index in [0.29, 0.717) is 5.76 Å². The fraction of sp³-hybridized carbons (Fsp3) is 0.222. The maximum Gasteiger partial charge on any atom is 0.433 e. The molecular formula is C9H9N3O3. The Morgan fingerprint density at radius 3 is 3.00 bits per heavy atom. The molecule has 0 fully saturated rings. The Balaban J connectivity index is 2.07. The molecule has 0 spiro atoms. The maximum absolute atomic E-state index is 10.3. The van der Waals surface area contributed by atoms with Crippen molar-refractivity contribution in [1.29, 1.82) is 0 Å². The molecular weight excluding hydrogens is 198 g/mol. The van der Waals surface area contributed by atoms with E-state index in [2.05, 4.69) is 10.3 Å². The van der Waals surface area contributed by atoms with Gasteiger partial charge in [0, 0.05) is 6.54 Å². The van der Waals surface area contributed by atoms with E-state index in [1.54, 1.807) is 18.2 Å². The largest absolute Gasteiger partial charge is 0.433 e. The molecule has 6 nitrogen and oxygen atoms in total. The molecule has 15 heavy (non-hydrogen) atoms. The van der Waals surface area contributed by atoms with Gasteiger partial charge in [0.15, 0.2) is 0 Å². The number of rotatable bonds is 3. The lowest BCUT2D eigenvalue weighted by atomic mass is 10.4. The average Bonchev–Trinajstić information content (AvgIpc) is 2.86. The van der Waals surface area contributed by atoms with Crippen LogP contribution in [0.1, 0.15) is 5.76 Å². The third-order valence-electron chi connectivity index (χ3n) is 1.90. The predicted octanol–water partition coefficient (Wildman–Crippen LogP) is 1.20. The van der Waals surface area contributed by atoms with Gasteiger partial charge >= 0.3 is 5.88 Å². The zero-order valence-electron chi connectivity index (χ0n) is 7.84. The van der Waals surface area contributed by atoms with Crippen molar-refractivity contribution in [3.8, 4) is 0 Å². The lowest BCUT2D eigenvalue weighted by Crippen LogP contribution is -2.15. The average molecular weight is 207 g/mol. The summed E-state index contributed by atoms with van der Waals surface area (Å²) in [4.78, 5) is 13.9. The van der Waals surface area contributed by atoms with E-state index in [0.717, 1.165) is 18.9 Å². The number of aliphatic imine (C=N–C) groups is 1. The molecule has 1 N–H and O–H groups in total. The summed E-state index contributed by atoms with van der Waals surface area (Å²) in [7, 11) is 0. The molecule has 2 heterocycles. The quantitative estimate of drug-likeness (QED) is 0.596. The molecule has 1 aliphatic heterocycles. The van der Waals surface area contributed by atoms with Crippen LogP contribution in [0.5, 0.6) is 0 Å².